The first kappa shape index (κ1) is 14.1. The van der Waals surface area contributed by atoms with Gasteiger partial charge in [-0.05, 0) is 29.8 Å². The van der Waals surface area contributed by atoms with E-state index in [1.807, 2.05) is 18.2 Å². The Balaban J connectivity index is 1.67. The van der Waals surface area contributed by atoms with Gasteiger partial charge in [0.15, 0.2) is 0 Å². The molecule has 20 heavy (non-hydrogen) atoms. The molecule has 0 aliphatic rings. The molecule has 0 spiro atoms. The summed E-state index contributed by atoms with van der Waals surface area (Å²) in [5.41, 5.74) is 1.75. The van der Waals surface area contributed by atoms with E-state index in [-0.39, 0.29) is 18.3 Å². The molecule has 2 rings (SSSR count). The van der Waals surface area contributed by atoms with E-state index in [1.165, 1.54) is 12.1 Å². The normalized spacial score (nSPS) is 10.2. The zero-order chi connectivity index (χ0) is 14.2. The van der Waals surface area contributed by atoms with Crippen LogP contribution >= 0.6 is 0 Å². The number of hydrogen-bond donors (Lipinski definition) is 2. The molecule has 1 heterocycles. The minimum atomic E-state index is -0.280. The van der Waals surface area contributed by atoms with Crippen molar-refractivity contribution in [1.29, 1.82) is 0 Å². The molecule has 0 radical (unpaired) electrons. The van der Waals surface area contributed by atoms with E-state index in [2.05, 4.69) is 15.6 Å². The number of amides is 1. The Morgan fingerprint density at radius 2 is 1.90 bits per heavy atom. The predicted molar refractivity (Wildman–Crippen MR) is 74.2 cm³/mol. The van der Waals surface area contributed by atoms with Crippen molar-refractivity contribution >= 4 is 5.91 Å². The summed E-state index contributed by atoms with van der Waals surface area (Å²) in [6.45, 7) is 1.16. The van der Waals surface area contributed by atoms with Crippen LogP contribution < -0.4 is 10.6 Å². The molecule has 0 aliphatic heterocycles. The van der Waals surface area contributed by atoms with Crippen LogP contribution in [-0.4, -0.2) is 17.4 Å². The van der Waals surface area contributed by atoms with E-state index in [0.29, 0.717) is 13.1 Å². The van der Waals surface area contributed by atoms with Crippen LogP contribution in [0.3, 0.4) is 0 Å². The molecule has 4 nitrogen and oxygen atoms in total. The quantitative estimate of drug-likeness (QED) is 0.841. The van der Waals surface area contributed by atoms with Crippen molar-refractivity contribution in [3.05, 3.63) is 65.7 Å². The van der Waals surface area contributed by atoms with E-state index >= 15 is 0 Å². The molecule has 2 N–H and O–H groups in total. The summed E-state index contributed by atoms with van der Waals surface area (Å²) in [5.74, 6) is -0.387. The second kappa shape index (κ2) is 7.35. The van der Waals surface area contributed by atoms with E-state index < -0.39 is 0 Å². The monoisotopic (exact) mass is 273 g/mol. The molecule has 0 saturated heterocycles. The zero-order valence-corrected chi connectivity index (χ0v) is 11.0. The van der Waals surface area contributed by atoms with Gasteiger partial charge in [-0.1, -0.05) is 18.2 Å². The van der Waals surface area contributed by atoms with Gasteiger partial charge in [-0.25, -0.2) is 4.39 Å². The van der Waals surface area contributed by atoms with Crippen LogP contribution in [0.2, 0.25) is 0 Å². The minimum absolute atomic E-state index is 0.106. The standard InChI is InChI=1S/C15H16FN3O/c16-13-6-4-12(5-7-13)9-19-15(20)11-17-10-14-3-1-2-8-18-14/h1-8,17H,9-11H2,(H,19,20). The molecule has 1 aromatic heterocycles. The third-order valence-electron chi connectivity index (χ3n) is 2.72. The summed E-state index contributed by atoms with van der Waals surface area (Å²) in [6, 6.07) is 11.7. The van der Waals surface area contributed by atoms with Crippen molar-refractivity contribution in [3.8, 4) is 0 Å². The lowest BCUT2D eigenvalue weighted by atomic mass is 10.2. The van der Waals surface area contributed by atoms with Crippen molar-refractivity contribution in [2.24, 2.45) is 0 Å². The van der Waals surface area contributed by atoms with Crippen LogP contribution in [0.5, 0.6) is 0 Å². The highest BCUT2D eigenvalue weighted by Gasteiger charge is 2.01. The predicted octanol–water partition coefficient (Wildman–Crippen LogP) is 1.63. The van der Waals surface area contributed by atoms with Gasteiger partial charge >= 0.3 is 0 Å². The lowest BCUT2D eigenvalue weighted by molar-refractivity contribution is -0.120. The van der Waals surface area contributed by atoms with Crippen LogP contribution in [0.4, 0.5) is 4.39 Å². The summed E-state index contributed by atoms with van der Waals surface area (Å²) >= 11 is 0. The maximum atomic E-state index is 12.7. The molecule has 1 amide bonds. The number of aromatic nitrogens is 1. The van der Waals surface area contributed by atoms with Crippen molar-refractivity contribution < 1.29 is 9.18 Å². The van der Waals surface area contributed by atoms with Crippen LogP contribution in [0.1, 0.15) is 11.3 Å². The smallest absolute Gasteiger partial charge is 0.234 e. The lowest BCUT2D eigenvalue weighted by Gasteiger charge is -2.06. The molecule has 0 atom stereocenters. The fourth-order valence-electron chi connectivity index (χ4n) is 1.67. The maximum Gasteiger partial charge on any atom is 0.234 e. The summed E-state index contributed by atoms with van der Waals surface area (Å²) < 4.78 is 12.7. The molecule has 0 saturated carbocycles. The molecule has 0 bridgehead atoms. The molecule has 104 valence electrons. The van der Waals surface area contributed by atoms with Gasteiger partial charge in [-0.15, -0.1) is 0 Å². The second-order valence-electron chi connectivity index (χ2n) is 4.33. The average molecular weight is 273 g/mol. The van der Waals surface area contributed by atoms with E-state index in [9.17, 15) is 9.18 Å². The van der Waals surface area contributed by atoms with Gasteiger partial charge in [-0.3, -0.25) is 9.78 Å². The molecule has 0 unspecified atom stereocenters. The van der Waals surface area contributed by atoms with Gasteiger partial charge in [0, 0.05) is 19.3 Å². The number of hydrogen-bond acceptors (Lipinski definition) is 3. The molecular formula is C15H16FN3O. The topological polar surface area (TPSA) is 54.0 Å². The number of pyridine rings is 1. The SMILES string of the molecule is O=C(CNCc1ccccn1)NCc1ccc(F)cc1. The third-order valence-corrected chi connectivity index (χ3v) is 2.72. The number of rotatable bonds is 6. The highest BCUT2D eigenvalue weighted by atomic mass is 19.1. The van der Waals surface area contributed by atoms with Crippen molar-refractivity contribution in [2.45, 2.75) is 13.1 Å². The lowest BCUT2D eigenvalue weighted by Crippen LogP contribution is -2.33. The van der Waals surface area contributed by atoms with Gasteiger partial charge in [0.1, 0.15) is 5.82 Å². The summed E-state index contributed by atoms with van der Waals surface area (Å²) in [6.07, 6.45) is 1.71. The van der Waals surface area contributed by atoms with Crippen molar-refractivity contribution in [3.63, 3.8) is 0 Å². The molecule has 0 aliphatic carbocycles. The Kier molecular flexibility index (Phi) is 5.20. The van der Waals surface area contributed by atoms with Crippen molar-refractivity contribution in [1.82, 2.24) is 15.6 Å². The Bertz CT molecular complexity index is 543. The summed E-state index contributed by atoms with van der Waals surface area (Å²) in [4.78, 5) is 15.8. The number of halogens is 1. The maximum absolute atomic E-state index is 12.7. The first-order chi connectivity index (χ1) is 9.74. The van der Waals surface area contributed by atoms with Gasteiger partial charge in [0.25, 0.3) is 0 Å². The molecular weight excluding hydrogens is 257 g/mol. The van der Waals surface area contributed by atoms with Crippen LogP contribution in [0.15, 0.2) is 48.7 Å². The van der Waals surface area contributed by atoms with Gasteiger partial charge < -0.3 is 10.6 Å². The number of nitrogens with one attached hydrogen (secondary N) is 2. The summed E-state index contributed by atoms with van der Waals surface area (Å²) in [5, 5.41) is 5.77. The third kappa shape index (κ3) is 4.78. The number of carbonyl (C=O) groups excluding carboxylic acids is 1. The first-order valence-corrected chi connectivity index (χ1v) is 6.36. The highest BCUT2D eigenvalue weighted by Crippen LogP contribution is 2.01. The fraction of sp³-hybridized carbons (Fsp3) is 0.200. The largest absolute Gasteiger partial charge is 0.351 e. The Labute approximate surface area is 117 Å². The minimum Gasteiger partial charge on any atom is -0.351 e. The van der Waals surface area contributed by atoms with Gasteiger partial charge in [-0.2, -0.15) is 0 Å². The molecule has 0 fully saturated rings. The number of nitrogens with zero attached hydrogens (tertiary/aromatic N) is 1. The Morgan fingerprint density at radius 1 is 1.10 bits per heavy atom. The van der Waals surface area contributed by atoms with Gasteiger partial charge in [0.05, 0.1) is 12.2 Å². The van der Waals surface area contributed by atoms with E-state index in [1.54, 1.807) is 18.3 Å². The van der Waals surface area contributed by atoms with Crippen LogP contribution in [0, 0.1) is 5.82 Å². The molecule has 1 aromatic carbocycles. The number of benzene rings is 1. The fourth-order valence-corrected chi connectivity index (χ4v) is 1.67. The van der Waals surface area contributed by atoms with E-state index in [0.717, 1.165) is 11.3 Å². The Morgan fingerprint density at radius 3 is 2.60 bits per heavy atom. The first-order valence-electron chi connectivity index (χ1n) is 6.36. The van der Waals surface area contributed by atoms with Gasteiger partial charge in [0.2, 0.25) is 5.91 Å². The highest BCUT2D eigenvalue weighted by molar-refractivity contribution is 5.77. The van der Waals surface area contributed by atoms with Crippen LogP contribution in [0.25, 0.3) is 0 Å². The second-order valence-corrected chi connectivity index (χ2v) is 4.33. The van der Waals surface area contributed by atoms with Crippen LogP contribution in [-0.2, 0) is 17.9 Å². The molecule has 2 aromatic rings. The average Bonchev–Trinajstić information content (AvgIpc) is 2.48. The number of carbonyl (C=O) groups is 1. The summed E-state index contributed by atoms with van der Waals surface area (Å²) in [7, 11) is 0. The Hall–Kier alpha value is -2.27. The van der Waals surface area contributed by atoms with E-state index in [4.69, 9.17) is 0 Å². The van der Waals surface area contributed by atoms with Crippen molar-refractivity contribution in [2.75, 3.05) is 6.54 Å². The molecule has 5 heteroatoms. The zero-order valence-electron chi connectivity index (χ0n) is 11.0.